The molecular weight excluding hydrogens is 345 g/mol. The van der Waals surface area contributed by atoms with Crippen LogP contribution < -0.4 is 0 Å². The van der Waals surface area contributed by atoms with Crippen LogP contribution in [0.1, 0.15) is 40.6 Å². The molecule has 6 heteroatoms. The first-order valence-corrected chi connectivity index (χ1v) is 9.06. The highest BCUT2D eigenvalue weighted by molar-refractivity contribution is 5.95. The summed E-state index contributed by atoms with van der Waals surface area (Å²) in [6.07, 6.45) is 1.78. The molecule has 0 aliphatic carbocycles. The Hall–Kier alpha value is -3.02. The molecule has 1 aromatic heterocycles. The highest BCUT2D eigenvalue weighted by Gasteiger charge is 2.29. The van der Waals surface area contributed by atoms with Crippen molar-refractivity contribution in [1.29, 1.82) is 0 Å². The number of hydrogen-bond donors (Lipinski definition) is 0. The number of aromatic nitrogens is 2. The van der Waals surface area contributed by atoms with Gasteiger partial charge in [0.05, 0.1) is 5.92 Å². The third-order valence-electron chi connectivity index (χ3n) is 4.98. The lowest BCUT2D eigenvalue weighted by atomic mass is 9.96. The van der Waals surface area contributed by atoms with Gasteiger partial charge in [0, 0.05) is 24.2 Å². The minimum Gasteiger partial charge on any atom is -0.339 e. The van der Waals surface area contributed by atoms with E-state index in [2.05, 4.69) is 10.1 Å². The van der Waals surface area contributed by atoms with Gasteiger partial charge >= 0.3 is 0 Å². The number of carbonyl (C=O) groups excluding carboxylic acids is 1. The molecule has 5 nitrogen and oxygen atoms in total. The minimum absolute atomic E-state index is 0.00779. The molecule has 4 rings (SSSR count). The van der Waals surface area contributed by atoms with E-state index in [1.807, 2.05) is 36.1 Å². The van der Waals surface area contributed by atoms with Crippen molar-refractivity contribution in [2.45, 2.75) is 25.7 Å². The number of aryl methyl sites for hydroxylation is 1. The summed E-state index contributed by atoms with van der Waals surface area (Å²) in [6.45, 7) is 3.22. The Bertz CT molecular complexity index is 952. The summed E-state index contributed by atoms with van der Waals surface area (Å²) < 4.78 is 18.5. The second-order valence-corrected chi connectivity index (χ2v) is 6.87. The Morgan fingerprint density at radius 1 is 1.19 bits per heavy atom. The molecule has 2 aromatic carbocycles. The first kappa shape index (κ1) is 17.4. The monoisotopic (exact) mass is 365 g/mol. The van der Waals surface area contributed by atoms with Crippen LogP contribution in [0.4, 0.5) is 4.39 Å². The van der Waals surface area contributed by atoms with Crippen LogP contribution in [0.5, 0.6) is 0 Å². The molecule has 0 saturated carbocycles. The molecule has 1 atom stereocenters. The van der Waals surface area contributed by atoms with Crippen molar-refractivity contribution in [3.05, 3.63) is 71.4 Å². The summed E-state index contributed by atoms with van der Waals surface area (Å²) in [7, 11) is 0. The van der Waals surface area contributed by atoms with Crippen molar-refractivity contribution in [1.82, 2.24) is 15.0 Å². The first-order chi connectivity index (χ1) is 13.1. The zero-order chi connectivity index (χ0) is 18.8. The number of halogens is 1. The number of benzene rings is 2. The van der Waals surface area contributed by atoms with Crippen LogP contribution in [-0.4, -0.2) is 34.0 Å². The topological polar surface area (TPSA) is 59.2 Å². The number of rotatable bonds is 3. The van der Waals surface area contributed by atoms with Gasteiger partial charge in [0.15, 0.2) is 0 Å². The Kier molecular flexibility index (Phi) is 4.71. The fourth-order valence-corrected chi connectivity index (χ4v) is 3.46. The fourth-order valence-electron chi connectivity index (χ4n) is 3.46. The number of hydrogen-bond acceptors (Lipinski definition) is 4. The molecule has 1 saturated heterocycles. The third kappa shape index (κ3) is 3.60. The average Bonchev–Trinajstić information content (AvgIpc) is 3.19. The van der Waals surface area contributed by atoms with Gasteiger partial charge in [-0.15, -0.1) is 0 Å². The molecule has 138 valence electrons. The first-order valence-electron chi connectivity index (χ1n) is 9.06. The Labute approximate surface area is 156 Å². The predicted octanol–water partition coefficient (Wildman–Crippen LogP) is 4.20. The smallest absolute Gasteiger partial charge is 0.254 e. The van der Waals surface area contributed by atoms with E-state index >= 15 is 0 Å². The van der Waals surface area contributed by atoms with Crippen molar-refractivity contribution in [3.8, 4) is 11.4 Å². The quantitative estimate of drug-likeness (QED) is 0.698. The molecule has 1 fully saturated rings. The third-order valence-corrected chi connectivity index (χ3v) is 4.98. The van der Waals surface area contributed by atoms with Crippen molar-refractivity contribution >= 4 is 5.91 Å². The van der Waals surface area contributed by atoms with Gasteiger partial charge in [-0.1, -0.05) is 23.4 Å². The summed E-state index contributed by atoms with van der Waals surface area (Å²) in [6, 6.07) is 13.6. The van der Waals surface area contributed by atoms with Crippen molar-refractivity contribution < 1.29 is 13.7 Å². The van der Waals surface area contributed by atoms with Gasteiger partial charge in [-0.25, -0.2) is 4.39 Å². The van der Waals surface area contributed by atoms with Crippen molar-refractivity contribution in [3.63, 3.8) is 0 Å². The molecule has 3 aromatic rings. The summed E-state index contributed by atoms with van der Waals surface area (Å²) in [4.78, 5) is 19.2. The van der Waals surface area contributed by atoms with Crippen LogP contribution in [0.3, 0.4) is 0 Å². The maximum atomic E-state index is 13.1. The van der Waals surface area contributed by atoms with Crippen LogP contribution in [0.15, 0.2) is 53.1 Å². The van der Waals surface area contributed by atoms with Crippen LogP contribution in [0.25, 0.3) is 11.4 Å². The maximum Gasteiger partial charge on any atom is 0.254 e. The van der Waals surface area contributed by atoms with Gasteiger partial charge in [0.2, 0.25) is 11.7 Å². The number of nitrogens with zero attached hydrogens (tertiary/aromatic N) is 3. The predicted molar refractivity (Wildman–Crippen MR) is 98.7 cm³/mol. The zero-order valence-electron chi connectivity index (χ0n) is 15.1. The van der Waals surface area contributed by atoms with E-state index in [1.165, 1.54) is 12.1 Å². The van der Waals surface area contributed by atoms with E-state index in [4.69, 9.17) is 4.52 Å². The van der Waals surface area contributed by atoms with Gasteiger partial charge in [-0.3, -0.25) is 4.79 Å². The molecule has 1 unspecified atom stereocenters. The van der Waals surface area contributed by atoms with Crippen LogP contribution in [-0.2, 0) is 0 Å². The molecule has 1 aliphatic heterocycles. The highest BCUT2D eigenvalue weighted by Crippen LogP contribution is 2.28. The van der Waals surface area contributed by atoms with Gasteiger partial charge < -0.3 is 9.42 Å². The Morgan fingerprint density at radius 2 is 1.96 bits per heavy atom. The molecule has 1 amide bonds. The van der Waals surface area contributed by atoms with E-state index in [-0.39, 0.29) is 17.6 Å². The lowest BCUT2D eigenvalue weighted by molar-refractivity contribution is 0.0695. The van der Waals surface area contributed by atoms with E-state index in [1.54, 1.807) is 12.1 Å². The molecule has 0 radical (unpaired) electrons. The standard InChI is InChI=1S/C21H20FN3O2/c1-14-5-2-3-7-18(14)21(26)25-12-4-6-16(13-25)20-23-19(24-27-20)15-8-10-17(22)11-9-15/h2-3,5,7-11,16H,4,6,12-13H2,1H3. The van der Waals surface area contributed by atoms with E-state index in [0.717, 1.165) is 30.5 Å². The summed E-state index contributed by atoms with van der Waals surface area (Å²) in [5, 5.41) is 4.02. The summed E-state index contributed by atoms with van der Waals surface area (Å²) in [5.74, 6) is 0.702. The molecule has 27 heavy (non-hydrogen) atoms. The van der Waals surface area contributed by atoms with Crippen molar-refractivity contribution in [2.75, 3.05) is 13.1 Å². The van der Waals surface area contributed by atoms with Gasteiger partial charge in [-0.05, 0) is 55.7 Å². The normalized spacial score (nSPS) is 17.1. The zero-order valence-corrected chi connectivity index (χ0v) is 15.1. The number of piperidine rings is 1. The summed E-state index contributed by atoms with van der Waals surface area (Å²) in [5.41, 5.74) is 2.41. The largest absolute Gasteiger partial charge is 0.339 e. The second-order valence-electron chi connectivity index (χ2n) is 6.87. The lowest BCUT2D eigenvalue weighted by Gasteiger charge is -2.31. The second kappa shape index (κ2) is 7.31. The van der Waals surface area contributed by atoms with Crippen LogP contribution >= 0.6 is 0 Å². The molecule has 0 spiro atoms. The molecule has 0 bridgehead atoms. The van der Waals surface area contributed by atoms with E-state index in [9.17, 15) is 9.18 Å². The van der Waals surface area contributed by atoms with Crippen LogP contribution in [0, 0.1) is 12.7 Å². The Balaban J connectivity index is 1.51. The van der Waals surface area contributed by atoms with E-state index in [0.29, 0.717) is 23.8 Å². The van der Waals surface area contributed by atoms with Gasteiger partial charge in [0.1, 0.15) is 5.82 Å². The average molecular weight is 365 g/mol. The van der Waals surface area contributed by atoms with E-state index < -0.39 is 0 Å². The summed E-state index contributed by atoms with van der Waals surface area (Å²) >= 11 is 0. The number of carbonyl (C=O) groups is 1. The Morgan fingerprint density at radius 3 is 2.74 bits per heavy atom. The lowest BCUT2D eigenvalue weighted by Crippen LogP contribution is -2.39. The molecular formula is C21H20FN3O2. The molecule has 2 heterocycles. The highest BCUT2D eigenvalue weighted by atomic mass is 19.1. The van der Waals surface area contributed by atoms with Gasteiger partial charge in [0.25, 0.3) is 5.91 Å². The number of likely N-dealkylation sites (tertiary alicyclic amines) is 1. The maximum absolute atomic E-state index is 13.1. The molecule has 0 N–H and O–H groups in total. The van der Waals surface area contributed by atoms with Crippen molar-refractivity contribution in [2.24, 2.45) is 0 Å². The fraction of sp³-hybridized carbons (Fsp3) is 0.286. The number of amides is 1. The van der Waals surface area contributed by atoms with Gasteiger partial charge in [-0.2, -0.15) is 4.98 Å². The SMILES string of the molecule is Cc1ccccc1C(=O)N1CCCC(c2nc(-c3ccc(F)cc3)no2)C1. The molecule has 1 aliphatic rings. The minimum atomic E-state index is -0.305. The van der Waals surface area contributed by atoms with Crippen LogP contribution in [0.2, 0.25) is 0 Å².